The van der Waals surface area contributed by atoms with Crippen molar-refractivity contribution in [3.8, 4) is 11.3 Å². The summed E-state index contributed by atoms with van der Waals surface area (Å²) in [4.78, 5) is 16.2. The van der Waals surface area contributed by atoms with Crippen molar-refractivity contribution >= 4 is 28.1 Å². The third-order valence-electron chi connectivity index (χ3n) is 4.73. The van der Waals surface area contributed by atoms with Crippen LogP contribution in [0.25, 0.3) is 11.3 Å². The number of anilines is 2. The van der Waals surface area contributed by atoms with Crippen molar-refractivity contribution < 1.29 is 4.79 Å². The monoisotopic (exact) mass is 327 g/mol. The molecule has 0 saturated heterocycles. The molecule has 1 fully saturated rings. The number of aromatic nitrogens is 1. The Morgan fingerprint density at radius 1 is 1.17 bits per heavy atom. The van der Waals surface area contributed by atoms with Crippen molar-refractivity contribution in [2.75, 3.05) is 10.6 Å². The van der Waals surface area contributed by atoms with E-state index in [1.54, 1.807) is 11.3 Å². The predicted octanol–water partition coefficient (Wildman–Crippen LogP) is 4.44. The SMILES string of the molecule is O=C1CCc2cc(-c3csc(NC4CCCCC4)n3)ccc2N1. The predicted molar refractivity (Wildman–Crippen MR) is 95.0 cm³/mol. The van der Waals surface area contributed by atoms with Crippen LogP contribution in [0.4, 0.5) is 10.8 Å². The molecule has 23 heavy (non-hydrogen) atoms. The molecule has 2 heterocycles. The van der Waals surface area contributed by atoms with Crippen LogP contribution in [0.15, 0.2) is 23.6 Å². The molecule has 0 radical (unpaired) electrons. The molecule has 1 amide bonds. The third kappa shape index (κ3) is 3.24. The molecular weight excluding hydrogens is 306 g/mol. The Balaban J connectivity index is 1.51. The van der Waals surface area contributed by atoms with E-state index < -0.39 is 0 Å². The van der Waals surface area contributed by atoms with Gasteiger partial charge in [-0.25, -0.2) is 4.98 Å². The van der Waals surface area contributed by atoms with Gasteiger partial charge in [-0.3, -0.25) is 4.79 Å². The summed E-state index contributed by atoms with van der Waals surface area (Å²) in [5.74, 6) is 0.109. The van der Waals surface area contributed by atoms with Gasteiger partial charge in [0.05, 0.1) is 5.69 Å². The molecule has 1 aromatic carbocycles. The van der Waals surface area contributed by atoms with Crippen LogP contribution in [0.1, 0.15) is 44.1 Å². The van der Waals surface area contributed by atoms with Gasteiger partial charge in [0.2, 0.25) is 5.91 Å². The molecule has 2 aromatic rings. The van der Waals surface area contributed by atoms with Gasteiger partial charge in [-0.1, -0.05) is 25.3 Å². The highest BCUT2D eigenvalue weighted by Gasteiger charge is 2.17. The number of hydrogen-bond donors (Lipinski definition) is 2. The summed E-state index contributed by atoms with van der Waals surface area (Å²) in [5, 5.41) is 9.66. The largest absolute Gasteiger partial charge is 0.359 e. The molecule has 1 aliphatic carbocycles. The van der Waals surface area contributed by atoms with Crippen molar-refractivity contribution in [2.45, 2.75) is 51.0 Å². The Kier molecular flexibility index (Phi) is 4.04. The lowest BCUT2D eigenvalue weighted by atomic mass is 9.96. The zero-order chi connectivity index (χ0) is 15.6. The quantitative estimate of drug-likeness (QED) is 0.876. The van der Waals surface area contributed by atoms with Crippen molar-refractivity contribution in [1.82, 2.24) is 4.98 Å². The highest BCUT2D eigenvalue weighted by Crippen LogP contribution is 2.31. The Hall–Kier alpha value is -1.88. The zero-order valence-electron chi connectivity index (χ0n) is 13.1. The van der Waals surface area contributed by atoms with E-state index in [1.807, 2.05) is 12.1 Å². The second-order valence-corrected chi connectivity index (χ2v) is 7.30. The fourth-order valence-corrected chi connectivity index (χ4v) is 4.23. The lowest BCUT2D eigenvalue weighted by Gasteiger charge is -2.22. The molecule has 4 rings (SSSR count). The first-order valence-electron chi connectivity index (χ1n) is 8.43. The molecule has 0 unspecified atom stereocenters. The number of rotatable bonds is 3. The second kappa shape index (κ2) is 6.32. The van der Waals surface area contributed by atoms with Gasteiger partial charge in [0, 0.05) is 29.1 Å². The first-order valence-corrected chi connectivity index (χ1v) is 9.31. The van der Waals surface area contributed by atoms with Gasteiger partial charge in [0.1, 0.15) is 0 Å². The van der Waals surface area contributed by atoms with Crippen LogP contribution < -0.4 is 10.6 Å². The molecule has 1 aromatic heterocycles. The van der Waals surface area contributed by atoms with Crippen LogP contribution in [0.5, 0.6) is 0 Å². The number of amides is 1. The number of fused-ring (bicyclic) bond motifs is 1. The summed E-state index contributed by atoms with van der Waals surface area (Å²) in [5.41, 5.74) is 4.30. The van der Waals surface area contributed by atoms with Crippen molar-refractivity contribution in [3.63, 3.8) is 0 Å². The van der Waals surface area contributed by atoms with Crippen LogP contribution in [0.2, 0.25) is 0 Å². The van der Waals surface area contributed by atoms with Gasteiger partial charge in [0.25, 0.3) is 0 Å². The number of carbonyl (C=O) groups excluding carboxylic acids is 1. The first kappa shape index (κ1) is 14.7. The van der Waals surface area contributed by atoms with E-state index in [1.165, 1.54) is 37.7 Å². The van der Waals surface area contributed by atoms with E-state index >= 15 is 0 Å². The minimum atomic E-state index is 0.109. The molecule has 2 aliphatic rings. The average molecular weight is 327 g/mol. The Bertz CT molecular complexity index is 719. The number of benzene rings is 1. The second-order valence-electron chi connectivity index (χ2n) is 6.44. The van der Waals surface area contributed by atoms with Crippen LogP contribution in [-0.4, -0.2) is 16.9 Å². The minimum absolute atomic E-state index is 0.109. The number of nitrogens with zero attached hydrogens (tertiary/aromatic N) is 1. The van der Waals surface area contributed by atoms with Gasteiger partial charge >= 0.3 is 0 Å². The van der Waals surface area contributed by atoms with E-state index in [-0.39, 0.29) is 5.91 Å². The Morgan fingerprint density at radius 2 is 2.04 bits per heavy atom. The highest BCUT2D eigenvalue weighted by molar-refractivity contribution is 7.14. The van der Waals surface area contributed by atoms with E-state index in [2.05, 4.69) is 22.1 Å². The standard InChI is InChI=1S/C18H21N3OS/c22-17-9-7-12-10-13(6-8-15(12)20-17)16-11-23-18(21-16)19-14-4-2-1-3-5-14/h6,8,10-11,14H,1-5,7,9H2,(H,19,21)(H,20,22). The highest BCUT2D eigenvalue weighted by atomic mass is 32.1. The van der Waals surface area contributed by atoms with Crippen molar-refractivity contribution in [1.29, 1.82) is 0 Å². The van der Waals surface area contributed by atoms with Crippen molar-refractivity contribution in [2.24, 2.45) is 0 Å². The van der Waals surface area contributed by atoms with Crippen molar-refractivity contribution in [3.05, 3.63) is 29.1 Å². The first-order chi connectivity index (χ1) is 11.3. The lowest BCUT2D eigenvalue weighted by Crippen LogP contribution is -2.21. The molecule has 5 heteroatoms. The number of carbonyl (C=O) groups is 1. The summed E-state index contributed by atoms with van der Waals surface area (Å²) >= 11 is 1.68. The van der Waals surface area contributed by atoms with E-state index in [0.717, 1.165) is 28.5 Å². The van der Waals surface area contributed by atoms with Crippen LogP contribution in [0, 0.1) is 0 Å². The lowest BCUT2D eigenvalue weighted by molar-refractivity contribution is -0.116. The van der Waals surface area contributed by atoms with Crippen LogP contribution in [0.3, 0.4) is 0 Å². The Labute approximate surface area is 140 Å². The number of hydrogen-bond acceptors (Lipinski definition) is 4. The zero-order valence-corrected chi connectivity index (χ0v) is 13.9. The smallest absolute Gasteiger partial charge is 0.224 e. The molecule has 1 aliphatic heterocycles. The van der Waals surface area contributed by atoms with Gasteiger partial charge in [-0.05, 0) is 37.0 Å². The fraction of sp³-hybridized carbons (Fsp3) is 0.444. The summed E-state index contributed by atoms with van der Waals surface area (Å²) in [6.45, 7) is 0. The maximum atomic E-state index is 11.4. The summed E-state index contributed by atoms with van der Waals surface area (Å²) < 4.78 is 0. The Morgan fingerprint density at radius 3 is 2.91 bits per heavy atom. The summed E-state index contributed by atoms with van der Waals surface area (Å²) in [6, 6.07) is 6.79. The van der Waals surface area contributed by atoms with Gasteiger partial charge in [-0.15, -0.1) is 11.3 Å². The summed E-state index contributed by atoms with van der Waals surface area (Å²) in [6.07, 6.45) is 7.92. The molecule has 0 bridgehead atoms. The maximum Gasteiger partial charge on any atom is 0.224 e. The molecule has 1 saturated carbocycles. The van der Waals surface area contributed by atoms with Gasteiger partial charge in [-0.2, -0.15) is 0 Å². The van der Waals surface area contributed by atoms with E-state index in [9.17, 15) is 4.79 Å². The molecule has 4 nitrogen and oxygen atoms in total. The summed E-state index contributed by atoms with van der Waals surface area (Å²) in [7, 11) is 0. The third-order valence-corrected chi connectivity index (χ3v) is 5.51. The minimum Gasteiger partial charge on any atom is -0.359 e. The van der Waals surface area contributed by atoms with Gasteiger partial charge < -0.3 is 10.6 Å². The van der Waals surface area contributed by atoms with E-state index in [0.29, 0.717) is 12.5 Å². The number of nitrogens with one attached hydrogen (secondary N) is 2. The molecule has 120 valence electrons. The maximum absolute atomic E-state index is 11.4. The van der Waals surface area contributed by atoms with Crippen LogP contribution >= 0.6 is 11.3 Å². The van der Waals surface area contributed by atoms with E-state index in [4.69, 9.17) is 4.98 Å². The topological polar surface area (TPSA) is 54.0 Å². The molecule has 0 spiro atoms. The fourth-order valence-electron chi connectivity index (χ4n) is 3.44. The number of thiazole rings is 1. The molecular formula is C18H21N3OS. The molecule has 0 atom stereocenters. The van der Waals surface area contributed by atoms with Gasteiger partial charge in [0.15, 0.2) is 5.13 Å². The molecule has 2 N–H and O–H groups in total. The van der Waals surface area contributed by atoms with Crippen LogP contribution in [-0.2, 0) is 11.2 Å². The average Bonchev–Trinajstić information content (AvgIpc) is 3.04. The number of aryl methyl sites for hydroxylation is 1. The normalized spacial score (nSPS) is 18.3.